The van der Waals surface area contributed by atoms with Gasteiger partial charge in [0.1, 0.15) is 0 Å². The van der Waals surface area contributed by atoms with E-state index in [1.54, 1.807) is 0 Å². The van der Waals surface area contributed by atoms with Gasteiger partial charge in [-0.25, -0.2) is 9.89 Å². The molecular formula is C9H14N2O2. The van der Waals surface area contributed by atoms with Gasteiger partial charge in [0.15, 0.2) is 0 Å². The van der Waals surface area contributed by atoms with Gasteiger partial charge in [0.05, 0.1) is 0 Å². The van der Waals surface area contributed by atoms with Crippen molar-refractivity contribution in [2.45, 2.75) is 38.5 Å². The maximum absolute atomic E-state index is 10.7. The van der Waals surface area contributed by atoms with Crippen LogP contribution < -0.4 is 5.76 Å². The lowest BCUT2D eigenvalue weighted by atomic mass is 9.82. The summed E-state index contributed by atoms with van der Waals surface area (Å²) >= 11 is 0. The Balaban J connectivity index is 2.12. The second-order valence-corrected chi connectivity index (χ2v) is 3.92. The predicted molar refractivity (Wildman–Crippen MR) is 47.5 cm³/mol. The van der Waals surface area contributed by atoms with Gasteiger partial charge in [0, 0.05) is 5.92 Å². The molecule has 72 valence electrons. The summed E-state index contributed by atoms with van der Waals surface area (Å²) in [6, 6.07) is 0. The largest absolute Gasteiger partial charge is 0.434 e. The van der Waals surface area contributed by atoms with Crippen molar-refractivity contribution in [3.05, 3.63) is 16.4 Å². The minimum Gasteiger partial charge on any atom is -0.392 e. The first-order valence-electron chi connectivity index (χ1n) is 4.81. The van der Waals surface area contributed by atoms with Crippen molar-refractivity contribution in [3.8, 4) is 0 Å². The molecule has 2 atom stereocenters. The van der Waals surface area contributed by atoms with Crippen molar-refractivity contribution in [2.75, 3.05) is 0 Å². The van der Waals surface area contributed by atoms with Crippen molar-refractivity contribution in [3.63, 3.8) is 0 Å². The number of aromatic amines is 1. The molecule has 1 aromatic rings. The van der Waals surface area contributed by atoms with Crippen LogP contribution in [0, 0.1) is 5.92 Å². The molecule has 13 heavy (non-hydrogen) atoms. The molecule has 1 heterocycles. The fraction of sp³-hybridized carbons (Fsp3) is 0.778. The van der Waals surface area contributed by atoms with E-state index in [0.717, 1.165) is 18.8 Å². The molecule has 1 N–H and O–H groups in total. The molecule has 1 aliphatic rings. The van der Waals surface area contributed by atoms with E-state index in [1.165, 1.54) is 12.8 Å². The molecule has 2 rings (SSSR count). The van der Waals surface area contributed by atoms with Gasteiger partial charge in [-0.05, 0) is 18.8 Å². The molecule has 4 nitrogen and oxygen atoms in total. The van der Waals surface area contributed by atoms with Crippen LogP contribution in [0.25, 0.3) is 0 Å². The van der Waals surface area contributed by atoms with Crippen molar-refractivity contribution < 1.29 is 4.42 Å². The molecule has 0 saturated heterocycles. The molecule has 0 radical (unpaired) electrons. The van der Waals surface area contributed by atoms with Gasteiger partial charge in [-0.2, -0.15) is 0 Å². The van der Waals surface area contributed by atoms with E-state index in [0.29, 0.717) is 11.8 Å². The van der Waals surface area contributed by atoms with E-state index in [1.807, 2.05) is 0 Å². The number of aromatic nitrogens is 2. The summed E-state index contributed by atoms with van der Waals surface area (Å²) in [6.07, 6.45) is 4.68. The Kier molecular flexibility index (Phi) is 2.20. The van der Waals surface area contributed by atoms with E-state index in [-0.39, 0.29) is 0 Å². The topological polar surface area (TPSA) is 58.9 Å². The summed E-state index contributed by atoms with van der Waals surface area (Å²) in [7, 11) is 0. The highest BCUT2D eigenvalue weighted by atomic mass is 16.4. The molecule has 1 saturated carbocycles. The SMILES string of the molecule is CC1CCCC(c2n[nH]c(=O)o2)C1. The van der Waals surface area contributed by atoms with E-state index >= 15 is 0 Å². The average molecular weight is 182 g/mol. The smallest absolute Gasteiger partial charge is 0.392 e. The van der Waals surface area contributed by atoms with Crippen LogP contribution in [0.15, 0.2) is 9.21 Å². The van der Waals surface area contributed by atoms with Crippen molar-refractivity contribution >= 4 is 0 Å². The average Bonchev–Trinajstić information content (AvgIpc) is 2.52. The maximum atomic E-state index is 10.7. The van der Waals surface area contributed by atoms with Crippen molar-refractivity contribution in [1.29, 1.82) is 0 Å². The number of H-pyrrole nitrogens is 1. The number of rotatable bonds is 1. The highest BCUT2D eigenvalue weighted by molar-refractivity contribution is 4.91. The Morgan fingerprint density at radius 2 is 2.38 bits per heavy atom. The summed E-state index contributed by atoms with van der Waals surface area (Å²) in [6.45, 7) is 2.23. The minimum atomic E-state index is -0.437. The molecule has 0 amide bonds. The van der Waals surface area contributed by atoms with E-state index in [9.17, 15) is 4.79 Å². The summed E-state index contributed by atoms with van der Waals surface area (Å²) in [4.78, 5) is 10.7. The van der Waals surface area contributed by atoms with Crippen molar-refractivity contribution in [2.24, 2.45) is 5.92 Å². The molecular weight excluding hydrogens is 168 g/mol. The predicted octanol–water partition coefficient (Wildman–Crippen LogP) is 1.66. The lowest BCUT2D eigenvalue weighted by molar-refractivity contribution is 0.297. The zero-order valence-corrected chi connectivity index (χ0v) is 7.75. The molecule has 0 aliphatic heterocycles. The van der Waals surface area contributed by atoms with Crippen LogP contribution in [0.3, 0.4) is 0 Å². The lowest BCUT2D eigenvalue weighted by Gasteiger charge is -2.23. The first-order chi connectivity index (χ1) is 6.25. The molecule has 1 fully saturated rings. The number of nitrogens with one attached hydrogen (secondary N) is 1. The molecule has 0 aromatic carbocycles. The molecule has 0 bridgehead atoms. The van der Waals surface area contributed by atoms with Crippen LogP contribution in [0.4, 0.5) is 0 Å². The zero-order valence-electron chi connectivity index (χ0n) is 7.75. The Labute approximate surface area is 76.3 Å². The summed E-state index contributed by atoms with van der Waals surface area (Å²) < 4.78 is 4.95. The van der Waals surface area contributed by atoms with Crippen LogP contribution in [0.2, 0.25) is 0 Å². The highest BCUT2D eigenvalue weighted by Crippen LogP contribution is 2.34. The number of hydrogen-bond acceptors (Lipinski definition) is 3. The van der Waals surface area contributed by atoms with Gasteiger partial charge in [-0.15, -0.1) is 5.10 Å². The van der Waals surface area contributed by atoms with Gasteiger partial charge < -0.3 is 4.42 Å². The highest BCUT2D eigenvalue weighted by Gasteiger charge is 2.24. The Bertz CT molecular complexity index is 328. The van der Waals surface area contributed by atoms with Crippen LogP contribution in [-0.4, -0.2) is 10.2 Å². The first-order valence-corrected chi connectivity index (χ1v) is 4.81. The Morgan fingerprint density at radius 3 is 3.00 bits per heavy atom. The number of hydrogen-bond donors (Lipinski definition) is 1. The monoisotopic (exact) mass is 182 g/mol. The molecule has 0 spiro atoms. The van der Waals surface area contributed by atoms with Crippen LogP contribution in [0.1, 0.15) is 44.4 Å². The third-order valence-electron chi connectivity index (χ3n) is 2.74. The van der Waals surface area contributed by atoms with E-state index < -0.39 is 5.76 Å². The first kappa shape index (κ1) is 8.53. The number of nitrogens with zero attached hydrogens (tertiary/aromatic N) is 1. The maximum Gasteiger partial charge on any atom is 0.434 e. The fourth-order valence-electron chi connectivity index (χ4n) is 2.07. The minimum absolute atomic E-state index is 0.350. The van der Waals surface area contributed by atoms with E-state index in [4.69, 9.17) is 4.42 Å². The van der Waals surface area contributed by atoms with Gasteiger partial charge in [0.25, 0.3) is 0 Å². The van der Waals surface area contributed by atoms with Crippen molar-refractivity contribution in [1.82, 2.24) is 10.2 Å². The van der Waals surface area contributed by atoms with Gasteiger partial charge >= 0.3 is 5.76 Å². The van der Waals surface area contributed by atoms with Crippen LogP contribution in [-0.2, 0) is 0 Å². The fourth-order valence-corrected chi connectivity index (χ4v) is 2.07. The quantitative estimate of drug-likeness (QED) is 0.718. The van der Waals surface area contributed by atoms with Gasteiger partial charge in [-0.3, -0.25) is 0 Å². The van der Waals surface area contributed by atoms with Gasteiger partial charge in [-0.1, -0.05) is 19.8 Å². The standard InChI is InChI=1S/C9H14N2O2/c1-6-3-2-4-7(5-6)8-10-11-9(12)13-8/h6-7H,2-5H2,1H3,(H,11,12). The van der Waals surface area contributed by atoms with E-state index in [2.05, 4.69) is 17.1 Å². The third kappa shape index (κ3) is 1.82. The molecule has 4 heteroatoms. The normalized spacial score (nSPS) is 29.0. The van der Waals surface area contributed by atoms with Crippen LogP contribution >= 0.6 is 0 Å². The zero-order chi connectivity index (χ0) is 9.26. The molecule has 2 unspecified atom stereocenters. The second-order valence-electron chi connectivity index (χ2n) is 3.92. The van der Waals surface area contributed by atoms with Gasteiger partial charge in [0.2, 0.25) is 5.89 Å². The lowest BCUT2D eigenvalue weighted by Crippen LogP contribution is -2.12. The Hall–Kier alpha value is -1.06. The van der Waals surface area contributed by atoms with Crippen LogP contribution in [0.5, 0.6) is 0 Å². The summed E-state index contributed by atoms with van der Waals surface area (Å²) in [5.41, 5.74) is 0. The summed E-state index contributed by atoms with van der Waals surface area (Å²) in [5, 5.41) is 6.18. The molecule has 1 aromatic heterocycles. The third-order valence-corrected chi connectivity index (χ3v) is 2.74. The second kappa shape index (κ2) is 3.36. The molecule has 1 aliphatic carbocycles. The summed E-state index contributed by atoms with van der Waals surface area (Å²) in [5.74, 6) is 1.23. The Morgan fingerprint density at radius 1 is 1.54 bits per heavy atom.